The Kier molecular flexibility index (Phi) is 3.54. The zero-order valence-electron chi connectivity index (χ0n) is 8.89. The normalized spacial score (nSPS) is 10.5. The predicted octanol–water partition coefficient (Wildman–Crippen LogP) is 2.05. The molecule has 1 heterocycles. The second-order valence-electron chi connectivity index (χ2n) is 3.42. The van der Waals surface area contributed by atoms with Crippen LogP contribution in [0.15, 0.2) is 22.7 Å². The molecule has 0 aliphatic heterocycles. The Hall–Kier alpha value is -1.27. The average molecular weight is 316 g/mol. The molecule has 1 aromatic carbocycles. The Morgan fingerprint density at radius 1 is 1.53 bits per heavy atom. The van der Waals surface area contributed by atoms with Crippen molar-refractivity contribution in [2.75, 3.05) is 0 Å². The Bertz CT molecular complexity index is 569. The van der Waals surface area contributed by atoms with Gasteiger partial charge in [0.05, 0.1) is 18.5 Å². The third-order valence-corrected chi connectivity index (χ3v) is 2.92. The lowest BCUT2D eigenvalue weighted by atomic mass is 10.1. The highest BCUT2D eigenvalue weighted by molar-refractivity contribution is 9.10. The molecule has 0 saturated carbocycles. The smallest absolute Gasteiger partial charge is 0.182 e. The van der Waals surface area contributed by atoms with Gasteiger partial charge in [-0.2, -0.15) is 4.80 Å². The highest BCUT2D eigenvalue weighted by Gasteiger charge is 2.14. The third-order valence-electron chi connectivity index (χ3n) is 2.10. The Morgan fingerprint density at radius 2 is 2.29 bits per heavy atom. The SMILES string of the molecule is Cn1nnc(CC(=O)c2cc(Br)ccc2Cl)n1. The minimum atomic E-state index is -0.135. The van der Waals surface area contributed by atoms with Crippen LogP contribution < -0.4 is 0 Å². The number of carbonyl (C=O) groups is 1. The molecular formula is C10H8BrClN4O. The van der Waals surface area contributed by atoms with Crippen molar-refractivity contribution in [1.29, 1.82) is 0 Å². The lowest BCUT2D eigenvalue weighted by Crippen LogP contribution is -2.06. The van der Waals surface area contributed by atoms with E-state index in [0.717, 1.165) is 4.47 Å². The zero-order chi connectivity index (χ0) is 12.4. The summed E-state index contributed by atoms with van der Waals surface area (Å²) in [7, 11) is 1.65. The van der Waals surface area contributed by atoms with Crippen molar-refractivity contribution in [2.45, 2.75) is 6.42 Å². The van der Waals surface area contributed by atoms with Crippen LogP contribution in [-0.4, -0.2) is 26.0 Å². The van der Waals surface area contributed by atoms with E-state index in [1.54, 1.807) is 25.2 Å². The topological polar surface area (TPSA) is 60.7 Å². The summed E-state index contributed by atoms with van der Waals surface area (Å²) in [5.74, 6) is 0.248. The molecule has 2 rings (SSSR count). The van der Waals surface area contributed by atoms with Crippen LogP contribution in [0.4, 0.5) is 0 Å². The summed E-state index contributed by atoms with van der Waals surface area (Å²) in [6.07, 6.45) is 0.0873. The standard InChI is InChI=1S/C10H8BrClN4O/c1-16-14-10(13-15-16)5-9(17)7-4-6(11)2-3-8(7)12/h2-4H,5H2,1H3. The van der Waals surface area contributed by atoms with Crippen LogP contribution in [0.3, 0.4) is 0 Å². The molecule has 0 saturated heterocycles. The molecule has 5 nitrogen and oxygen atoms in total. The van der Waals surface area contributed by atoms with Gasteiger partial charge in [0, 0.05) is 10.0 Å². The van der Waals surface area contributed by atoms with Crippen molar-refractivity contribution in [2.24, 2.45) is 7.05 Å². The van der Waals surface area contributed by atoms with Crippen molar-refractivity contribution in [3.8, 4) is 0 Å². The molecule has 0 fully saturated rings. The van der Waals surface area contributed by atoms with E-state index >= 15 is 0 Å². The van der Waals surface area contributed by atoms with Gasteiger partial charge >= 0.3 is 0 Å². The van der Waals surface area contributed by atoms with Gasteiger partial charge in [0.15, 0.2) is 11.6 Å². The Morgan fingerprint density at radius 3 is 2.94 bits per heavy atom. The molecule has 0 atom stereocenters. The van der Waals surface area contributed by atoms with E-state index in [-0.39, 0.29) is 12.2 Å². The fraction of sp³-hybridized carbons (Fsp3) is 0.200. The molecule has 2 aromatic rings. The molecule has 0 radical (unpaired) electrons. The van der Waals surface area contributed by atoms with Crippen LogP contribution in [0.2, 0.25) is 5.02 Å². The van der Waals surface area contributed by atoms with Gasteiger partial charge in [0.25, 0.3) is 0 Å². The highest BCUT2D eigenvalue weighted by atomic mass is 79.9. The van der Waals surface area contributed by atoms with Gasteiger partial charge in [0.2, 0.25) is 0 Å². The number of hydrogen-bond donors (Lipinski definition) is 0. The number of benzene rings is 1. The fourth-order valence-corrected chi connectivity index (χ4v) is 1.93. The fourth-order valence-electron chi connectivity index (χ4n) is 1.34. The first-order chi connectivity index (χ1) is 8.06. The number of tetrazole rings is 1. The van der Waals surface area contributed by atoms with Crippen LogP contribution >= 0.6 is 27.5 Å². The maximum absolute atomic E-state index is 12.0. The molecule has 88 valence electrons. The van der Waals surface area contributed by atoms with Crippen molar-refractivity contribution >= 4 is 33.3 Å². The van der Waals surface area contributed by atoms with E-state index in [1.807, 2.05) is 0 Å². The van der Waals surface area contributed by atoms with Crippen LogP contribution in [0, 0.1) is 0 Å². The van der Waals surface area contributed by atoms with Crippen LogP contribution in [-0.2, 0) is 13.5 Å². The first-order valence-corrected chi connectivity index (χ1v) is 5.94. The zero-order valence-corrected chi connectivity index (χ0v) is 11.2. The molecule has 0 spiro atoms. The van der Waals surface area contributed by atoms with Crippen LogP contribution in [0.5, 0.6) is 0 Å². The molecule has 0 aliphatic carbocycles. The highest BCUT2D eigenvalue weighted by Crippen LogP contribution is 2.22. The molecule has 1 aromatic heterocycles. The minimum absolute atomic E-state index is 0.0873. The van der Waals surface area contributed by atoms with Gasteiger partial charge in [-0.3, -0.25) is 4.79 Å². The summed E-state index contributed by atoms with van der Waals surface area (Å²) in [4.78, 5) is 13.3. The number of nitrogens with zero attached hydrogens (tertiary/aromatic N) is 4. The maximum atomic E-state index is 12.0. The van der Waals surface area contributed by atoms with Gasteiger partial charge in [-0.1, -0.05) is 27.5 Å². The second kappa shape index (κ2) is 4.93. The van der Waals surface area contributed by atoms with Crippen molar-refractivity contribution < 1.29 is 4.79 Å². The summed E-state index contributed by atoms with van der Waals surface area (Å²) in [5, 5.41) is 11.8. The summed E-state index contributed by atoms with van der Waals surface area (Å²) >= 11 is 9.25. The molecule has 0 aliphatic rings. The summed E-state index contributed by atoms with van der Waals surface area (Å²) in [6.45, 7) is 0. The van der Waals surface area contributed by atoms with E-state index in [9.17, 15) is 4.79 Å². The molecular weight excluding hydrogens is 307 g/mol. The molecule has 0 amide bonds. The van der Waals surface area contributed by atoms with E-state index < -0.39 is 0 Å². The number of aryl methyl sites for hydroxylation is 1. The Balaban J connectivity index is 2.22. The van der Waals surface area contributed by atoms with Gasteiger partial charge < -0.3 is 0 Å². The van der Waals surface area contributed by atoms with Gasteiger partial charge in [-0.05, 0) is 23.4 Å². The van der Waals surface area contributed by atoms with Crippen LogP contribution in [0.25, 0.3) is 0 Å². The van der Waals surface area contributed by atoms with E-state index in [4.69, 9.17) is 11.6 Å². The number of Topliss-reactive ketones (excluding diaryl/α,β-unsaturated/α-hetero) is 1. The maximum Gasteiger partial charge on any atom is 0.182 e. The van der Waals surface area contributed by atoms with E-state index in [1.165, 1.54) is 4.80 Å². The van der Waals surface area contributed by atoms with Gasteiger partial charge in [0.1, 0.15) is 0 Å². The molecule has 0 N–H and O–H groups in total. The van der Waals surface area contributed by atoms with Gasteiger partial charge in [-0.15, -0.1) is 10.2 Å². The largest absolute Gasteiger partial charge is 0.294 e. The lowest BCUT2D eigenvalue weighted by Gasteiger charge is -2.02. The average Bonchev–Trinajstić information content (AvgIpc) is 2.67. The number of hydrogen-bond acceptors (Lipinski definition) is 4. The second-order valence-corrected chi connectivity index (χ2v) is 4.74. The van der Waals surface area contributed by atoms with E-state index in [0.29, 0.717) is 16.4 Å². The molecule has 7 heteroatoms. The minimum Gasteiger partial charge on any atom is -0.294 e. The number of aromatic nitrogens is 4. The lowest BCUT2D eigenvalue weighted by molar-refractivity contribution is 0.0991. The molecule has 0 bridgehead atoms. The summed E-state index contributed by atoms with van der Waals surface area (Å²) in [6, 6.07) is 5.13. The third kappa shape index (κ3) is 2.89. The number of halogens is 2. The number of ketones is 1. The quantitative estimate of drug-likeness (QED) is 0.813. The number of rotatable bonds is 3. The van der Waals surface area contributed by atoms with Crippen molar-refractivity contribution in [1.82, 2.24) is 20.2 Å². The number of carbonyl (C=O) groups excluding carboxylic acids is 1. The first-order valence-electron chi connectivity index (χ1n) is 4.77. The van der Waals surface area contributed by atoms with E-state index in [2.05, 4.69) is 31.3 Å². The summed E-state index contributed by atoms with van der Waals surface area (Å²) in [5.41, 5.74) is 0.452. The summed E-state index contributed by atoms with van der Waals surface area (Å²) < 4.78 is 0.803. The van der Waals surface area contributed by atoms with Crippen LogP contribution in [0.1, 0.15) is 16.2 Å². The predicted molar refractivity (Wildman–Crippen MR) is 66.0 cm³/mol. The molecule has 17 heavy (non-hydrogen) atoms. The molecule has 0 unspecified atom stereocenters. The van der Waals surface area contributed by atoms with Gasteiger partial charge in [-0.25, -0.2) is 0 Å². The Labute approximate surface area is 111 Å². The monoisotopic (exact) mass is 314 g/mol. The van der Waals surface area contributed by atoms with Crippen molar-refractivity contribution in [3.05, 3.63) is 39.1 Å². The first kappa shape index (κ1) is 12.2. The van der Waals surface area contributed by atoms with Crippen molar-refractivity contribution in [3.63, 3.8) is 0 Å².